The average Bonchev–Trinajstić information content (AvgIpc) is 2.66. The van der Waals surface area contributed by atoms with Gasteiger partial charge in [0.1, 0.15) is 0 Å². The van der Waals surface area contributed by atoms with Crippen molar-refractivity contribution in [1.82, 2.24) is 0 Å². The van der Waals surface area contributed by atoms with E-state index in [0.29, 0.717) is 6.54 Å². The number of nitrogens with two attached hydrogens (primary N) is 2. The zero-order valence-corrected chi connectivity index (χ0v) is 10.4. The quantitative estimate of drug-likeness (QED) is 0.805. The molecule has 0 saturated carbocycles. The number of anilines is 2. The van der Waals surface area contributed by atoms with Crippen molar-refractivity contribution in [3.05, 3.63) is 22.7 Å². The van der Waals surface area contributed by atoms with Gasteiger partial charge in [-0.3, -0.25) is 4.79 Å². The maximum atomic E-state index is 11.1. The fraction of sp³-hybridized carbons (Fsp3) is 0.364. The topological polar surface area (TPSA) is 72.4 Å². The molecule has 0 aromatic heterocycles. The molecule has 0 aliphatic carbocycles. The lowest BCUT2D eigenvalue weighted by Crippen LogP contribution is -2.27. The molecule has 1 amide bonds. The number of amides is 1. The molecule has 1 aliphatic heterocycles. The first kappa shape index (κ1) is 11.3. The highest BCUT2D eigenvalue weighted by Crippen LogP contribution is 2.30. The van der Waals surface area contributed by atoms with Crippen LogP contribution in [0.5, 0.6) is 0 Å². The van der Waals surface area contributed by atoms with Gasteiger partial charge in [-0.1, -0.05) is 15.9 Å². The van der Waals surface area contributed by atoms with Crippen LogP contribution in [-0.4, -0.2) is 19.0 Å². The lowest BCUT2D eigenvalue weighted by molar-refractivity contribution is -0.121. The number of hydrogen-bond donors (Lipinski definition) is 2. The van der Waals surface area contributed by atoms with Gasteiger partial charge in [0.15, 0.2) is 0 Å². The first-order valence-electron chi connectivity index (χ1n) is 5.17. The molecule has 1 saturated heterocycles. The van der Waals surface area contributed by atoms with Crippen molar-refractivity contribution < 1.29 is 4.79 Å². The Kier molecular flexibility index (Phi) is 3.05. The van der Waals surface area contributed by atoms with Crippen LogP contribution < -0.4 is 16.4 Å². The van der Waals surface area contributed by atoms with Crippen molar-refractivity contribution in [3.8, 4) is 0 Å². The fourth-order valence-corrected chi connectivity index (χ4v) is 2.40. The van der Waals surface area contributed by atoms with Gasteiger partial charge in [-0.2, -0.15) is 0 Å². The molecule has 5 heteroatoms. The number of benzene rings is 1. The predicted molar refractivity (Wildman–Crippen MR) is 68.1 cm³/mol. The van der Waals surface area contributed by atoms with Crippen LogP contribution in [0.1, 0.15) is 6.42 Å². The largest absolute Gasteiger partial charge is 0.397 e. The lowest BCUT2D eigenvalue weighted by Gasteiger charge is -2.20. The van der Waals surface area contributed by atoms with Crippen LogP contribution in [0.25, 0.3) is 0 Å². The predicted octanol–water partition coefficient (Wildman–Crippen LogP) is 1.34. The Bertz CT molecular complexity index is 422. The summed E-state index contributed by atoms with van der Waals surface area (Å²) in [5, 5.41) is 0. The number of rotatable bonds is 2. The highest BCUT2D eigenvalue weighted by Gasteiger charge is 2.27. The molecular weight excluding hydrogens is 270 g/mol. The number of primary amides is 1. The summed E-state index contributed by atoms with van der Waals surface area (Å²) >= 11 is 3.37. The Morgan fingerprint density at radius 1 is 1.50 bits per heavy atom. The summed E-state index contributed by atoms with van der Waals surface area (Å²) in [4.78, 5) is 13.2. The van der Waals surface area contributed by atoms with Gasteiger partial charge in [0.05, 0.1) is 17.3 Å². The highest BCUT2D eigenvalue weighted by molar-refractivity contribution is 9.10. The molecule has 16 heavy (non-hydrogen) atoms. The molecule has 86 valence electrons. The van der Waals surface area contributed by atoms with Gasteiger partial charge in [-0.05, 0) is 24.6 Å². The van der Waals surface area contributed by atoms with Crippen molar-refractivity contribution >= 4 is 33.2 Å². The van der Waals surface area contributed by atoms with Gasteiger partial charge >= 0.3 is 0 Å². The standard InChI is InChI=1S/C11H14BrN3O/c12-8-1-2-10(9(13)5-8)15-4-3-7(6-15)11(14)16/h1-2,5,7H,3-4,6,13H2,(H2,14,16). The average molecular weight is 284 g/mol. The molecule has 1 fully saturated rings. The van der Waals surface area contributed by atoms with E-state index in [1.807, 2.05) is 18.2 Å². The minimum Gasteiger partial charge on any atom is -0.397 e. The molecule has 1 aromatic rings. The Balaban J connectivity index is 2.17. The zero-order valence-electron chi connectivity index (χ0n) is 8.82. The van der Waals surface area contributed by atoms with E-state index in [1.54, 1.807) is 0 Å². The third kappa shape index (κ3) is 2.14. The van der Waals surface area contributed by atoms with E-state index >= 15 is 0 Å². The van der Waals surface area contributed by atoms with Crippen molar-refractivity contribution in [3.63, 3.8) is 0 Å². The zero-order chi connectivity index (χ0) is 11.7. The molecule has 4 nitrogen and oxygen atoms in total. The maximum Gasteiger partial charge on any atom is 0.222 e. The summed E-state index contributed by atoms with van der Waals surface area (Å²) in [6, 6.07) is 5.78. The summed E-state index contributed by atoms with van der Waals surface area (Å²) in [6.45, 7) is 1.50. The first-order valence-corrected chi connectivity index (χ1v) is 5.96. The maximum absolute atomic E-state index is 11.1. The second kappa shape index (κ2) is 4.33. The molecule has 0 spiro atoms. The Labute approximate surface area is 103 Å². The van der Waals surface area contributed by atoms with Crippen molar-refractivity contribution in [2.45, 2.75) is 6.42 Å². The second-order valence-corrected chi connectivity index (χ2v) is 4.95. The molecule has 0 radical (unpaired) electrons. The molecule has 4 N–H and O–H groups in total. The van der Waals surface area contributed by atoms with Gasteiger partial charge in [0, 0.05) is 17.6 Å². The smallest absolute Gasteiger partial charge is 0.222 e. The van der Waals surface area contributed by atoms with Gasteiger partial charge in [0.2, 0.25) is 5.91 Å². The van der Waals surface area contributed by atoms with Crippen LogP contribution in [0.15, 0.2) is 22.7 Å². The molecular formula is C11H14BrN3O. The molecule has 1 aliphatic rings. The Morgan fingerprint density at radius 3 is 2.81 bits per heavy atom. The first-order chi connectivity index (χ1) is 7.58. The van der Waals surface area contributed by atoms with E-state index in [9.17, 15) is 4.79 Å². The summed E-state index contributed by atoms with van der Waals surface area (Å²) in [5.74, 6) is -0.277. The van der Waals surface area contributed by atoms with E-state index in [-0.39, 0.29) is 11.8 Å². The second-order valence-electron chi connectivity index (χ2n) is 4.04. The van der Waals surface area contributed by atoms with E-state index in [2.05, 4.69) is 20.8 Å². The molecule has 1 aromatic carbocycles. The summed E-state index contributed by atoms with van der Waals surface area (Å²) in [7, 11) is 0. The number of nitrogen functional groups attached to an aromatic ring is 1. The third-order valence-electron chi connectivity index (χ3n) is 2.92. The minimum absolute atomic E-state index is 0.0527. The van der Waals surface area contributed by atoms with Gasteiger partial charge in [0.25, 0.3) is 0 Å². The number of carbonyl (C=O) groups excluding carboxylic acids is 1. The SMILES string of the molecule is NC(=O)C1CCN(c2ccc(Br)cc2N)C1. The number of nitrogens with zero attached hydrogens (tertiary/aromatic N) is 1. The fourth-order valence-electron chi connectivity index (χ4n) is 2.02. The van der Waals surface area contributed by atoms with Crippen molar-refractivity contribution in [2.75, 3.05) is 23.7 Å². The summed E-state index contributed by atoms with van der Waals surface area (Å²) < 4.78 is 0.958. The van der Waals surface area contributed by atoms with Crippen LogP contribution in [-0.2, 0) is 4.79 Å². The number of hydrogen-bond acceptors (Lipinski definition) is 3. The van der Waals surface area contributed by atoms with Gasteiger partial charge in [-0.15, -0.1) is 0 Å². The third-order valence-corrected chi connectivity index (χ3v) is 3.41. The van der Waals surface area contributed by atoms with Crippen LogP contribution in [0.2, 0.25) is 0 Å². The normalized spacial score (nSPS) is 20.1. The van der Waals surface area contributed by atoms with Gasteiger partial charge < -0.3 is 16.4 Å². The van der Waals surface area contributed by atoms with E-state index in [1.165, 1.54) is 0 Å². The Morgan fingerprint density at radius 2 is 2.25 bits per heavy atom. The minimum atomic E-state index is -0.224. The molecule has 1 heterocycles. The van der Waals surface area contributed by atoms with Crippen molar-refractivity contribution in [1.29, 1.82) is 0 Å². The number of carbonyl (C=O) groups is 1. The summed E-state index contributed by atoms with van der Waals surface area (Å²) in [5.41, 5.74) is 12.9. The Hall–Kier alpha value is -1.23. The van der Waals surface area contributed by atoms with E-state index in [0.717, 1.165) is 28.8 Å². The number of halogens is 1. The van der Waals surface area contributed by atoms with Gasteiger partial charge in [-0.25, -0.2) is 0 Å². The van der Waals surface area contributed by atoms with E-state index < -0.39 is 0 Å². The molecule has 0 bridgehead atoms. The van der Waals surface area contributed by atoms with Crippen LogP contribution >= 0.6 is 15.9 Å². The molecule has 1 unspecified atom stereocenters. The summed E-state index contributed by atoms with van der Waals surface area (Å²) in [6.07, 6.45) is 0.810. The van der Waals surface area contributed by atoms with Crippen LogP contribution in [0.3, 0.4) is 0 Å². The molecule has 2 rings (SSSR count). The van der Waals surface area contributed by atoms with Crippen molar-refractivity contribution in [2.24, 2.45) is 11.7 Å². The van der Waals surface area contributed by atoms with E-state index in [4.69, 9.17) is 11.5 Å². The van der Waals surface area contributed by atoms with Crippen LogP contribution in [0, 0.1) is 5.92 Å². The highest BCUT2D eigenvalue weighted by atomic mass is 79.9. The molecule has 1 atom stereocenters. The monoisotopic (exact) mass is 283 g/mol. The lowest BCUT2D eigenvalue weighted by atomic mass is 10.1. The van der Waals surface area contributed by atoms with Crippen LogP contribution in [0.4, 0.5) is 11.4 Å².